The van der Waals surface area contributed by atoms with Crippen LogP contribution in [-0.2, 0) is 29.5 Å². The molecule has 0 spiro atoms. The third kappa shape index (κ3) is 8.39. The molecule has 0 aromatic rings. The summed E-state index contributed by atoms with van der Waals surface area (Å²) < 4.78 is 61.9. The highest BCUT2D eigenvalue weighted by Crippen LogP contribution is 2.20. The molecule has 2 atom stereocenters. The summed E-state index contributed by atoms with van der Waals surface area (Å²) >= 11 is 0. The molecule has 0 amide bonds. The van der Waals surface area contributed by atoms with Gasteiger partial charge in [-0.15, -0.1) is 0 Å². The summed E-state index contributed by atoms with van der Waals surface area (Å²) in [5.41, 5.74) is 0. The second-order valence-corrected chi connectivity index (χ2v) is 9.08. The van der Waals surface area contributed by atoms with Crippen molar-refractivity contribution in [3.8, 4) is 0 Å². The first-order valence-corrected chi connectivity index (χ1v) is 10.8. The van der Waals surface area contributed by atoms with Crippen LogP contribution in [0, 0.1) is 0 Å². The summed E-state index contributed by atoms with van der Waals surface area (Å²) in [4.78, 5) is 0. The molecule has 0 bridgehead atoms. The molecular formula is C12H26N2O6S2. The summed E-state index contributed by atoms with van der Waals surface area (Å²) in [6.45, 7) is 0.833. The van der Waals surface area contributed by atoms with Crippen LogP contribution in [0.4, 0.5) is 0 Å². The molecule has 0 aliphatic heterocycles. The number of nitrogens with one attached hydrogen (secondary N) is 2. The highest BCUT2D eigenvalue weighted by molar-refractivity contribution is 7.89. The molecule has 0 heterocycles. The van der Waals surface area contributed by atoms with E-state index in [0.717, 1.165) is 19.1 Å². The van der Waals surface area contributed by atoms with Crippen LogP contribution < -0.4 is 9.44 Å². The Morgan fingerprint density at radius 1 is 0.955 bits per heavy atom. The van der Waals surface area contributed by atoms with Gasteiger partial charge in [0.25, 0.3) is 0 Å². The van der Waals surface area contributed by atoms with E-state index in [4.69, 9.17) is 9.47 Å². The fraction of sp³-hybridized carbons (Fsp3) is 1.00. The van der Waals surface area contributed by atoms with Crippen LogP contribution in [0.25, 0.3) is 0 Å². The Kier molecular flexibility index (Phi) is 8.22. The molecule has 0 saturated heterocycles. The van der Waals surface area contributed by atoms with Gasteiger partial charge in [0.1, 0.15) is 0 Å². The molecule has 1 aliphatic rings. The molecule has 2 N–H and O–H groups in total. The third-order valence-corrected chi connectivity index (χ3v) is 5.49. The molecule has 132 valence electrons. The van der Waals surface area contributed by atoms with Crippen LogP contribution in [0.2, 0.25) is 0 Å². The van der Waals surface area contributed by atoms with Gasteiger partial charge in [-0.2, -0.15) is 0 Å². The number of hydrogen-bond donors (Lipinski definition) is 2. The van der Waals surface area contributed by atoms with E-state index in [1.807, 2.05) is 0 Å². The quantitative estimate of drug-likeness (QED) is 0.506. The van der Waals surface area contributed by atoms with E-state index in [-0.39, 0.29) is 12.4 Å². The van der Waals surface area contributed by atoms with Gasteiger partial charge in [-0.25, -0.2) is 26.3 Å². The minimum absolute atomic E-state index is 0.0790. The van der Waals surface area contributed by atoms with E-state index in [9.17, 15) is 16.8 Å². The lowest BCUT2D eigenvalue weighted by Gasteiger charge is -2.31. The van der Waals surface area contributed by atoms with Crippen molar-refractivity contribution < 1.29 is 26.3 Å². The van der Waals surface area contributed by atoms with Crippen molar-refractivity contribution in [2.45, 2.75) is 37.8 Å². The topological polar surface area (TPSA) is 111 Å². The van der Waals surface area contributed by atoms with Crippen molar-refractivity contribution in [1.82, 2.24) is 9.44 Å². The van der Waals surface area contributed by atoms with Crippen LogP contribution in [0.1, 0.15) is 25.7 Å². The summed E-state index contributed by atoms with van der Waals surface area (Å²) in [7, 11) is -5.33. The smallest absolute Gasteiger partial charge is 0.214 e. The Hall–Kier alpha value is -0.260. The van der Waals surface area contributed by atoms with Gasteiger partial charge < -0.3 is 9.47 Å². The van der Waals surface area contributed by atoms with Gasteiger partial charge >= 0.3 is 0 Å². The Morgan fingerprint density at radius 2 is 1.55 bits per heavy atom. The van der Waals surface area contributed by atoms with Crippen LogP contribution in [0.5, 0.6) is 0 Å². The second kappa shape index (κ2) is 9.14. The highest BCUT2D eigenvalue weighted by Gasteiger charge is 2.30. The Bertz CT molecular complexity index is 520. The zero-order chi connectivity index (χ0) is 16.6. The maximum atomic E-state index is 12.0. The number of rotatable bonds is 10. The van der Waals surface area contributed by atoms with Crippen molar-refractivity contribution in [3.05, 3.63) is 0 Å². The Morgan fingerprint density at radius 3 is 2.09 bits per heavy atom. The molecular weight excluding hydrogens is 332 g/mol. The Balaban J connectivity index is 2.50. The van der Waals surface area contributed by atoms with E-state index in [1.165, 1.54) is 0 Å². The minimum atomic E-state index is -3.51. The monoisotopic (exact) mass is 358 g/mol. The SMILES string of the molecule is COCCOCCS(=O)(=O)N[C@@H]1CCCC[C@@H]1NS(C)(=O)=O. The van der Waals surface area contributed by atoms with E-state index >= 15 is 0 Å². The standard InChI is InChI=1S/C12H26N2O6S2/c1-19-7-8-20-9-10-22(17,18)14-12-6-4-3-5-11(12)13-21(2,15)16/h11-14H,3-10H2,1-2H3/t11-,12+/m0/s1. The zero-order valence-corrected chi connectivity index (χ0v) is 14.7. The lowest BCUT2D eigenvalue weighted by Crippen LogP contribution is -2.53. The fourth-order valence-electron chi connectivity index (χ4n) is 2.39. The van der Waals surface area contributed by atoms with Gasteiger partial charge in [0.2, 0.25) is 20.0 Å². The molecule has 0 aromatic carbocycles. The van der Waals surface area contributed by atoms with Crippen LogP contribution in [0.3, 0.4) is 0 Å². The zero-order valence-electron chi connectivity index (χ0n) is 13.1. The van der Waals surface area contributed by atoms with Gasteiger partial charge in [-0.05, 0) is 12.8 Å². The van der Waals surface area contributed by atoms with Crippen molar-refractivity contribution in [3.63, 3.8) is 0 Å². The van der Waals surface area contributed by atoms with Gasteiger partial charge in [-0.1, -0.05) is 12.8 Å². The van der Waals surface area contributed by atoms with Gasteiger partial charge in [0.05, 0.1) is 31.8 Å². The van der Waals surface area contributed by atoms with Crippen LogP contribution >= 0.6 is 0 Å². The number of methoxy groups -OCH3 is 1. The second-order valence-electron chi connectivity index (χ2n) is 5.43. The molecule has 0 aromatic heterocycles. The maximum absolute atomic E-state index is 12.0. The molecule has 1 aliphatic carbocycles. The Labute approximate surface area is 133 Å². The minimum Gasteiger partial charge on any atom is -0.382 e. The van der Waals surface area contributed by atoms with Crippen LogP contribution in [-0.4, -0.2) is 67.9 Å². The summed E-state index contributed by atoms with van der Waals surface area (Å²) in [6.07, 6.45) is 4.09. The summed E-state index contributed by atoms with van der Waals surface area (Å²) in [6, 6.07) is -0.805. The van der Waals surface area contributed by atoms with Crippen molar-refractivity contribution in [2.24, 2.45) is 0 Å². The average molecular weight is 358 g/mol. The predicted octanol–water partition coefficient (Wildman–Crippen LogP) is -0.571. The molecule has 10 heteroatoms. The first kappa shape index (κ1) is 19.8. The first-order valence-electron chi connectivity index (χ1n) is 7.27. The largest absolute Gasteiger partial charge is 0.382 e. The molecule has 0 unspecified atom stereocenters. The number of hydrogen-bond acceptors (Lipinski definition) is 6. The normalized spacial score (nSPS) is 23.5. The van der Waals surface area contributed by atoms with E-state index in [2.05, 4.69) is 9.44 Å². The predicted molar refractivity (Wildman–Crippen MR) is 83.6 cm³/mol. The highest BCUT2D eigenvalue weighted by atomic mass is 32.2. The lowest BCUT2D eigenvalue weighted by atomic mass is 9.92. The van der Waals surface area contributed by atoms with Crippen molar-refractivity contribution in [2.75, 3.05) is 38.9 Å². The van der Waals surface area contributed by atoms with Gasteiger partial charge in [-0.3, -0.25) is 0 Å². The molecule has 1 fully saturated rings. The van der Waals surface area contributed by atoms with E-state index in [0.29, 0.717) is 26.1 Å². The van der Waals surface area contributed by atoms with E-state index < -0.39 is 32.1 Å². The van der Waals surface area contributed by atoms with E-state index in [1.54, 1.807) is 7.11 Å². The first-order chi connectivity index (χ1) is 10.2. The summed E-state index contributed by atoms with van der Waals surface area (Å²) in [5, 5.41) is 0. The van der Waals surface area contributed by atoms with Crippen molar-refractivity contribution in [1.29, 1.82) is 0 Å². The number of sulfonamides is 2. The molecule has 0 radical (unpaired) electrons. The molecule has 8 nitrogen and oxygen atoms in total. The number of ether oxygens (including phenoxy) is 2. The average Bonchev–Trinajstić information content (AvgIpc) is 2.39. The third-order valence-electron chi connectivity index (χ3n) is 3.39. The van der Waals surface area contributed by atoms with Gasteiger partial charge in [0, 0.05) is 19.2 Å². The lowest BCUT2D eigenvalue weighted by molar-refractivity contribution is 0.0784. The van der Waals surface area contributed by atoms with Crippen molar-refractivity contribution >= 4 is 20.0 Å². The maximum Gasteiger partial charge on any atom is 0.214 e. The molecule has 22 heavy (non-hydrogen) atoms. The van der Waals surface area contributed by atoms with Crippen LogP contribution in [0.15, 0.2) is 0 Å². The molecule has 1 rings (SSSR count). The molecule has 1 saturated carbocycles. The van der Waals surface area contributed by atoms with Gasteiger partial charge in [0.15, 0.2) is 0 Å². The summed E-state index contributed by atoms with van der Waals surface area (Å²) in [5.74, 6) is -0.154. The fourth-order valence-corrected chi connectivity index (χ4v) is 4.42.